The maximum atomic E-state index is 12.4. The zero-order chi connectivity index (χ0) is 45.3. The minimum atomic E-state index is -1.32. The number of rotatable bonds is 36. The molecule has 354 valence electrons. The van der Waals surface area contributed by atoms with Crippen LogP contribution in [0.25, 0.3) is 0 Å². The first-order valence-electron chi connectivity index (χ1n) is 24.1. The summed E-state index contributed by atoms with van der Waals surface area (Å²) in [6.07, 6.45) is 24.5. The van der Waals surface area contributed by atoms with Gasteiger partial charge in [-0.25, -0.2) is 0 Å². The smallest absolute Gasteiger partial charge is 0.303 e. The van der Waals surface area contributed by atoms with E-state index in [1.54, 1.807) is 0 Å². The zero-order valence-electron chi connectivity index (χ0n) is 39.6. The number of hydrogen-bond acceptors (Lipinski definition) is 12. The average Bonchev–Trinajstić information content (AvgIpc) is 3.19. The van der Waals surface area contributed by atoms with Crippen molar-refractivity contribution in [3.63, 3.8) is 0 Å². The summed E-state index contributed by atoms with van der Waals surface area (Å²) in [6.45, 7) is 12.7. The lowest BCUT2D eigenvalue weighted by atomic mass is 9.98. The van der Waals surface area contributed by atoms with E-state index in [-0.39, 0.29) is 19.2 Å². The topological polar surface area (TPSA) is 150 Å². The van der Waals surface area contributed by atoms with Crippen LogP contribution in [0.15, 0.2) is 11.6 Å². The first-order chi connectivity index (χ1) is 29.3. The molecule has 1 aliphatic heterocycles. The standard InChI is InChI=1S/C49H86O12/c1-9-11-12-13-14-15-16-17-20-23-26-29-32-43(34-44(57-39(5)51)33-30-27-24-21-18-19-22-25-28-31-37(3)10-2)35-56-49-48(60-42(8)54)47(59-41(7)53)46(58-40(6)52)45(61-49)36-55-38(4)50/h34,37,44-49H,9-33,35-36H2,1-8H3/b43-34+/t37?,44-,45+,46+,47-,48+,49+/m0/s1. The van der Waals surface area contributed by atoms with E-state index in [1.807, 2.05) is 6.08 Å². The van der Waals surface area contributed by atoms with Gasteiger partial charge in [-0.3, -0.25) is 24.0 Å². The Labute approximate surface area is 369 Å². The van der Waals surface area contributed by atoms with E-state index in [1.165, 1.54) is 144 Å². The van der Waals surface area contributed by atoms with Crippen molar-refractivity contribution in [3.8, 4) is 0 Å². The summed E-state index contributed by atoms with van der Waals surface area (Å²) < 4.78 is 40.4. The van der Waals surface area contributed by atoms with Gasteiger partial charge >= 0.3 is 29.8 Å². The summed E-state index contributed by atoms with van der Waals surface area (Å²) in [5.74, 6) is -2.24. The highest BCUT2D eigenvalue weighted by Crippen LogP contribution is 2.31. The second-order valence-corrected chi connectivity index (χ2v) is 17.3. The molecule has 1 fully saturated rings. The second-order valence-electron chi connectivity index (χ2n) is 17.3. The summed E-state index contributed by atoms with van der Waals surface area (Å²) in [6, 6.07) is 0. The molecule has 0 amide bonds. The van der Waals surface area contributed by atoms with Gasteiger partial charge in [0.2, 0.25) is 0 Å². The largest absolute Gasteiger partial charge is 0.463 e. The fourth-order valence-electron chi connectivity index (χ4n) is 7.84. The molecule has 0 radical (unpaired) electrons. The maximum absolute atomic E-state index is 12.4. The van der Waals surface area contributed by atoms with Gasteiger partial charge in [-0.1, -0.05) is 156 Å². The van der Waals surface area contributed by atoms with Crippen molar-refractivity contribution >= 4 is 29.8 Å². The summed E-state index contributed by atoms with van der Waals surface area (Å²) in [5, 5.41) is 0. The van der Waals surface area contributed by atoms with Crippen molar-refractivity contribution in [2.45, 2.75) is 253 Å². The Kier molecular flexibility index (Phi) is 32.6. The molecule has 0 N–H and O–H groups in total. The summed E-state index contributed by atoms with van der Waals surface area (Å²) in [7, 11) is 0. The van der Waals surface area contributed by atoms with Crippen molar-refractivity contribution in [3.05, 3.63) is 11.6 Å². The van der Waals surface area contributed by atoms with Gasteiger partial charge in [-0.05, 0) is 43.3 Å². The number of ether oxygens (including phenoxy) is 7. The minimum Gasteiger partial charge on any atom is -0.463 e. The van der Waals surface area contributed by atoms with E-state index >= 15 is 0 Å². The highest BCUT2D eigenvalue weighted by atomic mass is 16.7. The lowest BCUT2D eigenvalue weighted by Crippen LogP contribution is -2.63. The molecular weight excluding hydrogens is 781 g/mol. The molecule has 7 atom stereocenters. The van der Waals surface area contributed by atoms with Crippen LogP contribution in [0.5, 0.6) is 0 Å². The predicted molar refractivity (Wildman–Crippen MR) is 237 cm³/mol. The molecular formula is C49H86O12. The second kappa shape index (κ2) is 35.5. The Hall–Kier alpha value is -2.99. The van der Waals surface area contributed by atoms with E-state index in [0.29, 0.717) is 12.8 Å². The van der Waals surface area contributed by atoms with Crippen molar-refractivity contribution in [2.75, 3.05) is 13.2 Å². The van der Waals surface area contributed by atoms with E-state index in [9.17, 15) is 24.0 Å². The molecule has 1 unspecified atom stereocenters. The summed E-state index contributed by atoms with van der Waals surface area (Å²) in [4.78, 5) is 61.0. The first-order valence-corrected chi connectivity index (χ1v) is 24.1. The highest BCUT2D eigenvalue weighted by molar-refractivity contribution is 5.69. The molecule has 0 bridgehead atoms. The molecule has 61 heavy (non-hydrogen) atoms. The molecule has 0 aliphatic carbocycles. The predicted octanol–water partition coefficient (Wildman–Crippen LogP) is 11.4. The van der Waals surface area contributed by atoms with Gasteiger partial charge in [0.05, 0.1) is 6.61 Å². The number of carbonyl (C=O) groups is 5. The van der Waals surface area contributed by atoms with E-state index < -0.39 is 60.7 Å². The van der Waals surface area contributed by atoms with Crippen LogP contribution in [-0.2, 0) is 57.1 Å². The van der Waals surface area contributed by atoms with Gasteiger partial charge in [-0.15, -0.1) is 0 Å². The van der Waals surface area contributed by atoms with Crippen LogP contribution in [-0.4, -0.2) is 79.9 Å². The first kappa shape index (κ1) is 56.0. The lowest BCUT2D eigenvalue weighted by molar-refractivity contribution is -0.306. The Bertz CT molecular complexity index is 1230. The quantitative estimate of drug-likeness (QED) is 0.0255. The van der Waals surface area contributed by atoms with Crippen LogP contribution in [0.4, 0.5) is 0 Å². The minimum absolute atomic E-state index is 0.0287. The molecule has 1 rings (SSSR count). The Morgan fingerprint density at radius 2 is 1.00 bits per heavy atom. The number of carbonyl (C=O) groups excluding carboxylic acids is 5. The molecule has 0 aromatic rings. The molecule has 12 nitrogen and oxygen atoms in total. The third kappa shape index (κ3) is 29.1. The fourth-order valence-corrected chi connectivity index (χ4v) is 7.84. The van der Waals surface area contributed by atoms with E-state index in [0.717, 1.165) is 50.0 Å². The lowest BCUT2D eigenvalue weighted by Gasteiger charge is -2.44. The van der Waals surface area contributed by atoms with Gasteiger partial charge in [0.15, 0.2) is 24.6 Å². The Balaban J connectivity index is 3.10. The van der Waals surface area contributed by atoms with Gasteiger partial charge in [0.1, 0.15) is 18.8 Å². The van der Waals surface area contributed by atoms with Crippen LogP contribution < -0.4 is 0 Å². The molecule has 1 saturated heterocycles. The Morgan fingerprint density at radius 3 is 1.48 bits per heavy atom. The monoisotopic (exact) mass is 867 g/mol. The number of unbranched alkanes of at least 4 members (excludes halogenated alkanes) is 19. The molecule has 0 aromatic carbocycles. The average molecular weight is 867 g/mol. The van der Waals surface area contributed by atoms with Gasteiger partial charge < -0.3 is 33.2 Å². The van der Waals surface area contributed by atoms with Gasteiger partial charge in [0.25, 0.3) is 0 Å². The van der Waals surface area contributed by atoms with Crippen LogP contribution in [0, 0.1) is 5.92 Å². The van der Waals surface area contributed by atoms with Gasteiger partial charge in [-0.2, -0.15) is 0 Å². The molecule has 12 heteroatoms. The van der Waals surface area contributed by atoms with Crippen molar-refractivity contribution in [2.24, 2.45) is 5.92 Å². The molecule has 0 saturated carbocycles. The normalized spacial score (nSPS) is 20.1. The highest BCUT2D eigenvalue weighted by Gasteiger charge is 2.52. The number of hydrogen-bond donors (Lipinski definition) is 0. The van der Waals surface area contributed by atoms with Crippen molar-refractivity contribution < 1.29 is 57.1 Å². The van der Waals surface area contributed by atoms with Crippen molar-refractivity contribution in [1.29, 1.82) is 0 Å². The molecule has 0 spiro atoms. The molecule has 0 aromatic heterocycles. The fraction of sp³-hybridized carbons (Fsp3) is 0.857. The molecule has 1 heterocycles. The summed E-state index contributed by atoms with van der Waals surface area (Å²) >= 11 is 0. The maximum Gasteiger partial charge on any atom is 0.303 e. The van der Waals surface area contributed by atoms with Crippen LogP contribution in [0.3, 0.4) is 0 Å². The van der Waals surface area contributed by atoms with E-state index in [2.05, 4.69) is 20.8 Å². The third-order valence-corrected chi connectivity index (χ3v) is 11.4. The van der Waals surface area contributed by atoms with Gasteiger partial charge in [0, 0.05) is 34.6 Å². The van der Waals surface area contributed by atoms with Crippen LogP contribution in [0.1, 0.15) is 216 Å². The molecule has 1 aliphatic rings. The van der Waals surface area contributed by atoms with Crippen LogP contribution in [0.2, 0.25) is 0 Å². The Morgan fingerprint density at radius 1 is 0.541 bits per heavy atom. The SMILES string of the molecule is CCCCCCCCCCCCCC/C(=C\[C@H](CCCCCCCCCCCC(C)CC)OC(C)=O)CO[C@@H]1O[C@H](COC(C)=O)[C@@H](OC(C)=O)[C@H](OC(C)=O)[C@H]1OC(C)=O. The zero-order valence-corrected chi connectivity index (χ0v) is 39.6. The van der Waals surface area contributed by atoms with E-state index in [4.69, 9.17) is 33.2 Å². The summed E-state index contributed by atoms with van der Waals surface area (Å²) in [5.41, 5.74) is 0.888. The number of esters is 5. The third-order valence-electron chi connectivity index (χ3n) is 11.4. The van der Waals surface area contributed by atoms with Crippen molar-refractivity contribution in [1.82, 2.24) is 0 Å². The van der Waals surface area contributed by atoms with Crippen LogP contribution >= 0.6 is 0 Å².